The molecule has 3 aliphatic rings. The van der Waals surface area contributed by atoms with E-state index in [9.17, 15) is 31.2 Å². The van der Waals surface area contributed by atoms with E-state index in [4.69, 9.17) is 0 Å². The number of anilines is 1. The number of hydrogen-bond donors (Lipinski definition) is 0. The molecule has 2 aromatic rings. The van der Waals surface area contributed by atoms with Crippen molar-refractivity contribution in [1.82, 2.24) is 4.31 Å². The van der Waals surface area contributed by atoms with Crippen LogP contribution >= 0.6 is 0 Å². The maximum absolute atomic E-state index is 13.2. The highest BCUT2D eigenvalue weighted by Crippen LogP contribution is 2.40. The molecule has 5 rings (SSSR count). The number of carbonyl (C=O) groups excluding carboxylic acids is 2. The van der Waals surface area contributed by atoms with E-state index in [1.807, 2.05) is 0 Å². The van der Waals surface area contributed by atoms with Gasteiger partial charge in [-0.25, -0.2) is 12.7 Å². The predicted octanol–water partition coefficient (Wildman–Crippen LogP) is 3.61. The Labute approximate surface area is 176 Å². The smallest absolute Gasteiger partial charge is 0.308 e. The molecule has 1 aliphatic carbocycles. The van der Waals surface area contributed by atoms with Crippen molar-refractivity contribution in [3.05, 3.63) is 58.7 Å². The van der Waals surface area contributed by atoms with Crippen molar-refractivity contribution < 1.29 is 31.2 Å². The number of sulfonamides is 1. The number of fused-ring (bicyclic) bond motifs is 2. The van der Waals surface area contributed by atoms with E-state index in [0.717, 1.165) is 16.4 Å². The molecular weight excluding hydrogens is 433 g/mol. The second kappa shape index (κ2) is 6.56. The summed E-state index contributed by atoms with van der Waals surface area (Å²) in [5.74, 6) is -1.10. The Morgan fingerprint density at radius 1 is 1.06 bits per heavy atom. The Hall–Kier alpha value is -2.88. The van der Waals surface area contributed by atoms with Gasteiger partial charge in [-0.15, -0.1) is 0 Å². The monoisotopic (exact) mass is 450 g/mol. The quantitative estimate of drug-likeness (QED) is 0.701. The highest BCUT2D eigenvalue weighted by molar-refractivity contribution is 7.90. The second-order valence-electron chi connectivity index (χ2n) is 7.95. The summed E-state index contributed by atoms with van der Waals surface area (Å²) < 4.78 is 65.7. The van der Waals surface area contributed by atoms with E-state index < -0.39 is 33.6 Å². The Kier molecular flexibility index (Phi) is 4.24. The van der Waals surface area contributed by atoms with Crippen LogP contribution < -0.4 is 4.90 Å². The molecule has 2 aromatic carbocycles. The number of carbonyl (C=O) groups is 2. The van der Waals surface area contributed by atoms with Crippen LogP contribution in [0.2, 0.25) is 0 Å². The van der Waals surface area contributed by atoms with Gasteiger partial charge in [0.1, 0.15) is 4.90 Å². The lowest BCUT2D eigenvalue weighted by molar-refractivity contribution is -0.137. The first-order valence-corrected chi connectivity index (χ1v) is 11.3. The third kappa shape index (κ3) is 3.12. The highest BCUT2D eigenvalue weighted by atomic mass is 32.2. The number of alkyl halides is 3. The third-order valence-electron chi connectivity index (χ3n) is 5.85. The SMILES string of the molecule is O=C(c1ccc2c(c1)S(=O)(=O)N(C1CC1)C2=O)N1CCCc2cc(C(F)(F)F)ccc21. The van der Waals surface area contributed by atoms with Crippen molar-refractivity contribution in [3.8, 4) is 0 Å². The van der Waals surface area contributed by atoms with Crippen LogP contribution in [0.5, 0.6) is 0 Å². The van der Waals surface area contributed by atoms with Crippen molar-refractivity contribution in [3.63, 3.8) is 0 Å². The lowest BCUT2D eigenvalue weighted by Crippen LogP contribution is -2.35. The number of aryl methyl sites for hydroxylation is 1. The Bertz CT molecular complexity index is 1240. The fourth-order valence-electron chi connectivity index (χ4n) is 4.19. The van der Waals surface area contributed by atoms with Gasteiger partial charge in [0.15, 0.2) is 0 Å². The van der Waals surface area contributed by atoms with E-state index in [2.05, 4.69) is 0 Å². The second-order valence-corrected chi connectivity index (χ2v) is 9.73. The summed E-state index contributed by atoms with van der Waals surface area (Å²) in [6.07, 6.45) is -2.34. The number of benzene rings is 2. The molecule has 10 heteroatoms. The molecule has 2 amide bonds. The van der Waals surface area contributed by atoms with Gasteiger partial charge in [-0.3, -0.25) is 9.59 Å². The molecule has 0 bridgehead atoms. The van der Waals surface area contributed by atoms with Gasteiger partial charge in [-0.05, 0) is 67.6 Å². The van der Waals surface area contributed by atoms with E-state index in [-0.39, 0.29) is 22.1 Å². The topological polar surface area (TPSA) is 74.8 Å². The first-order chi connectivity index (χ1) is 14.6. The summed E-state index contributed by atoms with van der Waals surface area (Å²) in [6, 6.07) is 6.85. The minimum atomic E-state index is -4.48. The molecule has 2 heterocycles. The standard InChI is InChI=1S/C21H17F3N2O4S/c22-21(23,24)14-4-8-17-12(10-14)2-1-9-25(17)19(27)13-3-7-16-18(11-13)31(29,30)26(20(16)28)15-5-6-15/h3-4,7-8,10-11,15H,1-2,5-6,9H2. The van der Waals surface area contributed by atoms with Crippen molar-refractivity contribution in [1.29, 1.82) is 0 Å². The zero-order valence-electron chi connectivity index (χ0n) is 16.1. The molecule has 0 atom stereocenters. The van der Waals surface area contributed by atoms with Crippen molar-refractivity contribution in [2.45, 2.75) is 42.8 Å². The molecule has 6 nitrogen and oxygen atoms in total. The van der Waals surface area contributed by atoms with Crippen LogP contribution in [0.15, 0.2) is 41.3 Å². The van der Waals surface area contributed by atoms with Crippen LogP contribution in [0, 0.1) is 0 Å². The van der Waals surface area contributed by atoms with Gasteiger partial charge in [-0.2, -0.15) is 13.2 Å². The van der Waals surface area contributed by atoms with Crippen LogP contribution in [0.25, 0.3) is 0 Å². The number of nitrogens with zero attached hydrogens (tertiary/aromatic N) is 2. The zero-order chi connectivity index (χ0) is 22.1. The predicted molar refractivity (Wildman–Crippen MR) is 104 cm³/mol. The fourth-order valence-corrected chi connectivity index (χ4v) is 6.03. The first-order valence-electron chi connectivity index (χ1n) is 9.84. The van der Waals surface area contributed by atoms with E-state index in [1.54, 1.807) is 0 Å². The van der Waals surface area contributed by atoms with Gasteiger partial charge < -0.3 is 4.90 Å². The average Bonchev–Trinajstić information content (AvgIpc) is 3.53. The zero-order valence-corrected chi connectivity index (χ0v) is 17.0. The molecule has 31 heavy (non-hydrogen) atoms. The van der Waals surface area contributed by atoms with Crippen molar-refractivity contribution >= 4 is 27.5 Å². The van der Waals surface area contributed by atoms with Crippen LogP contribution in [-0.2, 0) is 22.6 Å². The van der Waals surface area contributed by atoms with E-state index in [1.165, 1.54) is 29.2 Å². The maximum Gasteiger partial charge on any atom is 0.416 e. The van der Waals surface area contributed by atoms with Gasteiger partial charge in [-0.1, -0.05) is 0 Å². The molecule has 0 spiro atoms. The minimum Gasteiger partial charge on any atom is -0.308 e. The van der Waals surface area contributed by atoms with Crippen LogP contribution in [0.1, 0.15) is 51.1 Å². The number of halogens is 3. The summed E-state index contributed by atoms with van der Waals surface area (Å²) in [4.78, 5) is 26.9. The third-order valence-corrected chi connectivity index (χ3v) is 7.72. The molecule has 0 N–H and O–H groups in total. The molecule has 1 saturated carbocycles. The molecule has 0 aromatic heterocycles. The fraction of sp³-hybridized carbons (Fsp3) is 0.333. The minimum absolute atomic E-state index is 0.0392. The van der Waals surface area contributed by atoms with E-state index >= 15 is 0 Å². The molecule has 162 valence electrons. The molecular formula is C21H17F3N2O4S. The highest BCUT2D eigenvalue weighted by Gasteiger charge is 2.49. The van der Waals surface area contributed by atoms with Crippen molar-refractivity contribution in [2.24, 2.45) is 0 Å². The number of amides is 2. The Balaban J connectivity index is 1.51. The number of hydrogen-bond acceptors (Lipinski definition) is 4. The molecule has 0 saturated heterocycles. The van der Waals surface area contributed by atoms with E-state index in [0.29, 0.717) is 43.5 Å². The van der Waals surface area contributed by atoms with Crippen LogP contribution in [0.3, 0.4) is 0 Å². The first kappa shape index (κ1) is 20.0. The maximum atomic E-state index is 13.2. The van der Waals surface area contributed by atoms with Crippen LogP contribution in [0.4, 0.5) is 18.9 Å². The van der Waals surface area contributed by atoms with Gasteiger partial charge in [0.2, 0.25) is 0 Å². The average molecular weight is 450 g/mol. The molecule has 2 aliphatic heterocycles. The summed E-state index contributed by atoms with van der Waals surface area (Å²) in [5.41, 5.74) is 0.127. The summed E-state index contributed by atoms with van der Waals surface area (Å²) in [5, 5.41) is 0. The molecule has 0 radical (unpaired) electrons. The van der Waals surface area contributed by atoms with Crippen LogP contribution in [-0.4, -0.2) is 37.1 Å². The van der Waals surface area contributed by atoms with Crippen molar-refractivity contribution in [2.75, 3.05) is 11.4 Å². The summed E-state index contributed by atoms with van der Waals surface area (Å²) in [6.45, 7) is 0.300. The largest absolute Gasteiger partial charge is 0.416 e. The van der Waals surface area contributed by atoms with Gasteiger partial charge in [0.25, 0.3) is 21.8 Å². The Morgan fingerprint density at radius 2 is 1.81 bits per heavy atom. The summed E-state index contributed by atoms with van der Waals surface area (Å²) in [7, 11) is -4.01. The lowest BCUT2D eigenvalue weighted by Gasteiger charge is -2.30. The lowest BCUT2D eigenvalue weighted by atomic mass is 9.98. The van der Waals surface area contributed by atoms with Gasteiger partial charge in [0, 0.05) is 23.8 Å². The Morgan fingerprint density at radius 3 is 2.48 bits per heavy atom. The molecule has 0 unspecified atom stereocenters. The number of rotatable bonds is 2. The normalized spacial score (nSPS) is 19.9. The summed E-state index contributed by atoms with van der Waals surface area (Å²) >= 11 is 0. The molecule has 1 fully saturated rings. The van der Waals surface area contributed by atoms with Gasteiger partial charge in [0.05, 0.1) is 11.1 Å². The van der Waals surface area contributed by atoms with Gasteiger partial charge >= 0.3 is 6.18 Å².